The Morgan fingerprint density at radius 1 is 1.20 bits per heavy atom. The second kappa shape index (κ2) is 6.37. The number of ether oxygens (including phenoxy) is 1. The van der Waals surface area contributed by atoms with Crippen LogP contribution < -0.4 is 10.1 Å². The SMILES string of the molecule is Cc1nccc(CNc2ccc(OC(C)C)cc2C)n1. The summed E-state index contributed by atoms with van der Waals surface area (Å²) in [6, 6.07) is 8.00. The normalized spacial score (nSPS) is 10.7. The van der Waals surface area contributed by atoms with Gasteiger partial charge in [-0.3, -0.25) is 0 Å². The lowest BCUT2D eigenvalue weighted by atomic mass is 10.2. The fraction of sp³-hybridized carbons (Fsp3) is 0.375. The Morgan fingerprint density at radius 2 is 2.00 bits per heavy atom. The third-order valence-corrected chi connectivity index (χ3v) is 2.86. The van der Waals surface area contributed by atoms with Gasteiger partial charge in [-0.1, -0.05) is 0 Å². The maximum atomic E-state index is 5.68. The van der Waals surface area contributed by atoms with Gasteiger partial charge in [0.2, 0.25) is 0 Å². The lowest BCUT2D eigenvalue weighted by molar-refractivity contribution is 0.242. The molecule has 0 radical (unpaired) electrons. The highest BCUT2D eigenvalue weighted by molar-refractivity contribution is 5.53. The van der Waals surface area contributed by atoms with Crippen LogP contribution in [0.15, 0.2) is 30.5 Å². The quantitative estimate of drug-likeness (QED) is 0.904. The number of hydrogen-bond donors (Lipinski definition) is 1. The van der Waals surface area contributed by atoms with E-state index >= 15 is 0 Å². The summed E-state index contributed by atoms with van der Waals surface area (Å²) >= 11 is 0. The molecule has 0 saturated heterocycles. The molecule has 0 fully saturated rings. The number of nitrogens with zero attached hydrogens (tertiary/aromatic N) is 2. The number of nitrogens with one attached hydrogen (secondary N) is 1. The molecule has 0 aliphatic carbocycles. The third-order valence-electron chi connectivity index (χ3n) is 2.86. The van der Waals surface area contributed by atoms with Crippen LogP contribution >= 0.6 is 0 Å². The minimum Gasteiger partial charge on any atom is -0.491 e. The molecule has 2 aromatic rings. The van der Waals surface area contributed by atoms with Crippen LogP contribution in [0, 0.1) is 13.8 Å². The number of anilines is 1. The summed E-state index contributed by atoms with van der Waals surface area (Å²) in [4.78, 5) is 8.47. The molecule has 20 heavy (non-hydrogen) atoms. The van der Waals surface area contributed by atoms with Crippen LogP contribution in [-0.4, -0.2) is 16.1 Å². The molecule has 4 heteroatoms. The smallest absolute Gasteiger partial charge is 0.125 e. The predicted molar refractivity (Wildman–Crippen MR) is 81.0 cm³/mol. The molecular formula is C16H21N3O. The molecule has 0 aliphatic heterocycles. The Kier molecular flexibility index (Phi) is 4.56. The van der Waals surface area contributed by atoms with Crippen molar-refractivity contribution < 1.29 is 4.74 Å². The molecule has 0 atom stereocenters. The van der Waals surface area contributed by atoms with Gasteiger partial charge < -0.3 is 10.1 Å². The molecule has 1 aromatic carbocycles. The second-order valence-electron chi connectivity index (χ2n) is 5.09. The summed E-state index contributed by atoms with van der Waals surface area (Å²) in [5, 5.41) is 3.39. The first-order chi connectivity index (χ1) is 9.54. The van der Waals surface area contributed by atoms with Crippen LogP contribution in [0.4, 0.5) is 5.69 Å². The van der Waals surface area contributed by atoms with Crippen molar-refractivity contribution in [2.75, 3.05) is 5.32 Å². The molecule has 0 bridgehead atoms. The molecule has 0 amide bonds. The number of aromatic nitrogens is 2. The number of aryl methyl sites for hydroxylation is 2. The Hall–Kier alpha value is -2.10. The molecule has 0 unspecified atom stereocenters. The number of hydrogen-bond acceptors (Lipinski definition) is 4. The molecule has 2 rings (SSSR count). The zero-order chi connectivity index (χ0) is 14.5. The van der Waals surface area contributed by atoms with Crippen LogP contribution in [-0.2, 0) is 6.54 Å². The summed E-state index contributed by atoms with van der Waals surface area (Å²) in [6.45, 7) is 8.71. The predicted octanol–water partition coefficient (Wildman–Crippen LogP) is 3.49. The van der Waals surface area contributed by atoms with Crippen molar-refractivity contribution in [3.63, 3.8) is 0 Å². The summed E-state index contributed by atoms with van der Waals surface area (Å²) in [5.41, 5.74) is 3.24. The van der Waals surface area contributed by atoms with Crippen LogP contribution in [0.1, 0.15) is 30.9 Å². The highest BCUT2D eigenvalue weighted by Gasteiger charge is 2.03. The molecular weight excluding hydrogens is 250 g/mol. The standard InChI is InChI=1S/C16H21N3O/c1-11(2)20-15-5-6-16(12(3)9-15)18-10-14-7-8-17-13(4)19-14/h5-9,11,18H,10H2,1-4H3. The summed E-state index contributed by atoms with van der Waals surface area (Å²) in [6.07, 6.45) is 1.98. The lowest BCUT2D eigenvalue weighted by Gasteiger charge is -2.13. The average molecular weight is 271 g/mol. The van der Waals surface area contributed by atoms with Crippen molar-refractivity contribution in [1.82, 2.24) is 9.97 Å². The first-order valence-corrected chi connectivity index (χ1v) is 6.84. The Balaban J connectivity index is 2.03. The van der Waals surface area contributed by atoms with E-state index in [1.165, 1.54) is 0 Å². The van der Waals surface area contributed by atoms with Crippen molar-refractivity contribution in [1.29, 1.82) is 0 Å². The van der Waals surface area contributed by atoms with Gasteiger partial charge in [-0.2, -0.15) is 0 Å². The van der Waals surface area contributed by atoms with Gasteiger partial charge in [-0.15, -0.1) is 0 Å². The van der Waals surface area contributed by atoms with E-state index in [4.69, 9.17) is 4.74 Å². The Labute approximate surface area is 120 Å². The van der Waals surface area contributed by atoms with Gasteiger partial charge >= 0.3 is 0 Å². The topological polar surface area (TPSA) is 47.0 Å². The van der Waals surface area contributed by atoms with E-state index in [1.807, 2.05) is 45.0 Å². The molecule has 4 nitrogen and oxygen atoms in total. The molecule has 1 N–H and O–H groups in total. The highest BCUT2D eigenvalue weighted by Crippen LogP contribution is 2.22. The first kappa shape index (κ1) is 14.3. The molecule has 0 aliphatic rings. The van der Waals surface area contributed by atoms with Crippen LogP contribution in [0.3, 0.4) is 0 Å². The molecule has 0 spiro atoms. The van der Waals surface area contributed by atoms with Gasteiger partial charge in [0.1, 0.15) is 11.6 Å². The van der Waals surface area contributed by atoms with Crippen molar-refractivity contribution in [3.05, 3.63) is 47.5 Å². The van der Waals surface area contributed by atoms with E-state index in [0.29, 0.717) is 6.54 Å². The van der Waals surface area contributed by atoms with E-state index in [1.54, 1.807) is 6.20 Å². The number of benzene rings is 1. The zero-order valence-corrected chi connectivity index (χ0v) is 12.5. The van der Waals surface area contributed by atoms with E-state index in [0.717, 1.165) is 28.5 Å². The van der Waals surface area contributed by atoms with Crippen molar-refractivity contribution in [2.24, 2.45) is 0 Å². The maximum absolute atomic E-state index is 5.68. The van der Waals surface area contributed by atoms with Gasteiger partial charge in [0.25, 0.3) is 0 Å². The van der Waals surface area contributed by atoms with Gasteiger partial charge in [0, 0.05) is 11.9 Å². The van der Waals surface area contributed by atoms with Crippen LogP contribution in [0.5, 0.6) is 5.75 Å². The third kappa shape index (κ3) is 3.95. The minimum atomic E-state index is 0.192. The minimum absolute atomic E-state index is 0.192. The molecule has 1 heterocycles. The lowest BCUT2D eigenvalue weighted by Crippen LogP contribution is -2.07. The van der Waals surface area contributed by atoms with Gasteiger partial charge in [0.05, 0.1) is 18.3 Å². The molecule has 1 aromatic heterocycles. The monoisotopic (exact) mass is 271 g/mol. The first-order valence-electron chi connectivity index (χ1n) is 6.84. The fourth-order valence-electron chi connectivity index (χ4n) is 1.97. The van der Waals surface area contributed by atoms with E-state index in [-0.39, 0.29) is 6.10 Å². The molecule has 0 saturated carbocycles. The zero-order valence-electron chi connectivity index (χ0n) is 12.5. The summed E-state index contributed by atoms with van der Waals surface area (Å²) in [7, 11) is 0. The number of rotatable bonds is 5. The van der Waals surface area contributed by atoms with Crippen molar-refractivity contribution in [2.45, 2.75) is 40.3 Å². The average Bonchev–Trinajstić information content (AvgIpc) is 2.37. The Morgan fingerprint density at radius 3 is 2.65 bits per heavy atom. The van der Waals surface area contributed by atoms with Crippen LogP contribution in [0.2, 0.25) is 0 Å². The summed E-state index contributed by atoms with van der Waals surface area (Å²) < 4.78 is 5.68. The van der Waals surface area contributed by atoms with E-state index in [9.17, 15) is 0 Å². The van der Waals surface area contributed by atoms with E-state index in [2.05, 4.69) is 22.2 Å². The van der Waals surface area contributed by atoms with Gasteiger partial charge in [-0.05, 0) is 57.5 Å². The Bertz CT molecular complexity index is 582. The second-order valence-corrected chi connectivity index (χ2v) is 5.09. The van der Waals surface area contributed by atoms with Crippen molar-refractivity contribution in [3.8, 4) is 5.75 Å². The molecule has 106 valence electrons. The summed E-state index contributed by atoms with van der Waals surface area (Å²) in [5.74, 6) is 1.70. The van der Waals surface area contributed by atoms with Gasteiger partial charge in [-0.25, -0.2) is 9.97 Å². The largest absolute Gasteiger partial charge is 0.491 e. The highest BCUT2D eigenvalue weighted by atomic mass is 16.5. The van der Waals surface area contributed by atoms with E-state index < -0.39 is 0 Å². The van der Waals surface area contributed by atoms with Gasteiger partial charge in [0.15, 0.2) is 0 Å². The fourth-order valence-corrected chi connectivity index (χ4v) is 1.97. The van der Waals surface area contributed by atoms with Crippen molar-refractivity contribution >= 4 is 5.69 Å². The van der Waals surface area contributed by atoms with Crippen LogP contribution in [0.25, 0.3) is 0 Å². The maximum Gasteiger partial charge on any atom is 0.125 e.